The zero-order chi connectivity index (χ0) is 20.5. The van der Waals surface area contributed by atoms with E-state index < -0.39 is 11.7 Å². The summed E-state index contributed by atoms with van der Waals surface area (Å²) in [5, 5.41) is 12.4. The van der Waals surface area contributed by atoms with E-state index in [0.717, 1.165) is 11.3 Å². The van der Waals surface area contributed by atoms with Crippen LogP contribution >= 0.6 is 22.9 Å². The van der Waals surface area contributed by atoms with Crippen molar-refractivity contribution in [3.05, 3.63) is 69.4 Å². The molecule has 6 nitrogen and oxygen atoms in total. The Morgan fingerprint density at radius 2 is 2.00 bits per heavy atom. The molecule has 1 atom stereocenters. The maximum Gasteiger partial charge on any atom is 0.257 e. The minimum Gasteiger partial charge on any atom is -0.312 e. The molecule has 148 valence electrons. The third kappa shape index (κ3) is 4.13. The first-order valence-corrected chi connectivity index (χ1v) is 10.1. The van der Waals surface area contributed by atoms with E-state index in [9.17, 15) is 14.0 Å². The minimum absolute atomic E-state index is 0.0120. The van der Waals surface area contributed by atoms with Crippen molar-refractivity contribution in [1.29, 1.82) is 0 Å². The number of carbonyl (C=O) groups excluding carboxylic acids is 2. The van der Waals surface area contributed by atoms with Crippen LogP contribution in [-0.2, 0) is 4.79 Å². The second-order valence-corrected chi connectivity index (χ2v) is 8.16. The van der Waals surface area contributed by atoms with Crippen LogP contribution in [0.4, 0.5) is 15.2 Å². The Balaban J connectivity index is 1.45. The molecule has 1 aliphatic heterocycles. The fourth-order valence-electron chi connectivity index (χ4n) is 3.09. The highest BCUT2D eigenvalue weighted by atomic mass is 35.5. The summed E-state index contributed by atoms with van der Waals surface area (Å²) in [6.07, 6.45) is 0.312. The first-order chi connectivity index (χ1) is 13.9. The molecule has 1 aliphatic rings. The van der Waals surface area contributed by atoms with Gasteiger partial charge in [-0.2, -0.15) is 0 Å². The Morgan fingerprint density at radius 1 is 1.24 bits per heavy atom. The van der Waals surface area contributed by atoms with Crippen LogP contribution < -0.4 is 10.2 Å². The van der Waals surface area contributed by atoms with Gasteiger partial charge in [0, 0.05) is 35.2 Å². The summed E-state index contributed by atoms with van der Waals surface area (Å²) in [4.78, 5) is 26.4. The van der Waals surface area contributed by atoms with Crippen molar-refractivity contribution in [3.8, 4) is 0 Å². The van der Waals surface area contributed by atoms with E-state index >= 15 is 0 Å². The molecule has 0 radical (unpaired) electrons. The van der Waals surface area contributed by atoms with Crippen molar-refractivity contribution >= 4 is 45.6 Å². The average Bonchev–Trinajstić information content (AvgIpc) is 3.31. The molecule has 9 heteroatoms. The molecule has 1 N–H and O–H groups in total. The molecule has 1 aromatic heterocycles. The number of carbonyl (C=O) groups is 2. The molecule has 2 heterocycles. The number of anilines is 2. The van der Waals surface area contributed by atoms with Crippen molar-refractivity contribution in [1.82, 2.24) is 10.2 Å². The van der Waals surface area contributed by atoms with Crippen LogP contribution in [0.15, 0.2) is 42.5 Å². The highest BCUT2D eigenvalue weighted by Crippen LogP contribution is 2.35. The summed E-state index contributed by atoms with van der Waals surface area (Å²) in [6.45, 7) is 2.38. The second kappa shape index (κ2) is 7.88. The molecule has 2 aromatic carbocycles. The summed E-state index contributed by atoms with van der Waals surface area (Å²) in [6, 6.07) is 10.8. The van der Waals surface area contributed by atoms with Crippen LogP contribution in [0, 0.1) is 12.7 Å². The SMILES string of the molecule is Cc1ccc(N2CC(c3nnc(NC(=O)c4ccc(F)cc4)s3)CC2=O)cc1Cl. The fourth-order valence-corrected chi connectivity index (χ4v) is 4.10. The van der Waals surface area contributed by atoms with Gasteiger partial charge in [0.2, 0.25) is 11.0 Å². The number of halogens is 2. The van der Waals surface area contributed by atoms with E-state index in [2.05, 4.69) is 15.5 Å². The number of rotatable bonds is 4. The lowest BCUT2D eigenvalue weighted by Crippen LogP contribution is -2.24. The smallest absolute Gasteiger partial charge is 0.257 e. The van der Waals surface area contributed by atoms with E-state index in [1.54, 1.807) is 11.0 Å². The van der Waals surface area contributed by atoms with Gasteiger partial charge in [0.05, 0.1) is 0 Å². The predicted octanol–water partition coefficient (Wildman–Crippen LogP) is 4.41. The first-order valence-electron chi connectivity index (χ1n) is 8.87. The van der Waals surface area contributed by atoms with Crippen molar-refractivity contribution in [2.45, 2.75) is 19.3 Å². The topological polar surface area (TPSA) is 75.2 Å². The monoisotopic (exact) mass is 430 g/mol. The molecule has 0 aliphatic carbocycles. The van der Waals surface area contributed by atoms with Crippen molar-refractivity contribution in [2.75, 3.05) is 16.8 Å². The van der Waals surface area contributed by atoms with E-state index in [1.807, 2.05) is 19.1 Å². The maximum atomic E-state index is 13.0. The Kier molecular flexibility index (Phi) is 5.29. The number of benzene rings is 2. The number of hydrogen-bond donors (Lipinski definition) is 1. The van der Waals surface area contributed by atoms with Gasteiger partial charge < -0.3 is 4.90 Å². The summed E-state index contributed by atoms with van der Waals surface area (Å²) in [5.41, 5.74) is 2.02. The Hall–Kier alpha value is -2.84. The average molecular weight is 431 g/mol. The lowest BCUT2D eigenvalue weighted by Gasteiger charge is -2.17. The molecule has 0 bridgehead atoms. The van der Waals surface area contributed by atoms with Crippen LogP contribution in [0.25, 0.3) is 0 Å². The summed E-state index contributed by atoms with van der Waals surface area (Å²) < 4.78 is 13.0. The van der Waals surface area contributed by atoms with Crippen molar-refractivity contribution < 1.29 is 14.0 Å². The van der Waals surface area contributed by atoms with Gasteiger partial charge in [0.15, 0.2) is 0 Å². The number of aromatic nitrogens is 2. The van der Waals surface area contributed by atoms with Crippen LogP contribution in [0.2, 0.25) is 5.02 Å². The standard InChI is InChI=1S/C20H16ClFN4O2S/c1-11-2-7-15(9-16(11)21)26-10-13(8-17(26)27)19-24-25-20(29-19)23-18(28)12-3-5-14(22)6-4-12/h2-7,9,13H,8,10H2,1H3,(H,23,25,28). The van der Waals surface area contributed by atoms with E-state index in [1.165, 1.54) is 35.6 Å². The van der Waals surface area contributed by atoms with Gasteiger partial charge >= 0.3 is 0 Å². The first kappa shape index (κ1) is 19.5. The van der Waals surface area contributed by atoms with E-state index in [-0.39, 0.29) is 11.8 Å². The molecule has 0 spiro atoms. The van der Waals surface area contributed by atoms with Gasteiger partial charge in [-0.25, -0.2) is 4.39 Å². The quantitative estimate of drug-likeness (QED) is 0.665. The van der Waals surface area contributed by atoms with Gasteiger partial charge in [-0.1, -0.05) is 29.0 Å². The number of amides is 2. The normalized spacial score (nSPS) is 16.3. The van der Waals surface area contributed by atoms with Gasteiger partial charge in [-0.3, -0.25) is 14.9 Å². The number of aryl methyl sites for hydroxylation is 1. The van der Waals surface area contributed by atoms with Gasteiger partial charge in [0.1, 0.15) is 10.8 Å². The third-order valence-electron chi connectivity index (χ3n) is 4.71. The van der Waals surface area contributed by atoms with E-state index in [0.29, 0.717) is 33.7 Å². The summed E-state index contributed by atoms with van der Waals surface area (Å²) >= 11 is 7.41. The molecule has 0 saturated carbocycles. The largest absolute Gasteiger partial charge is 0.312 e. The molecule has 2 amide bonds. The Morgan fingerprint density at radius 3 is 2.72 bits per heavy atom. The van der Waals surface area contributed by atoms with Gasteiger partial charge in [0.25, 0.3) is 5.91 Å². The zero-order valence-corrected chi connectivity index (χ0v) is 16.9. The van der Waals surface area contributed by atoms with E-state index in [4.69, 9.17) is 11.6 Å². The Labute approximate surface area is 175 Å². The van der Waals surface area contributed by atoms with Crippen LogP contribution in [-0.4, -0.2) is 28.6 Å². The maximum absolute atomic E-state index is 13.0. The molecule has 3 aromatic rings. The molecule has 1 saturated heterocycles. The molecular weight excluding hydrogens is 415 g/mol. The highest BCUT2D eigenvalue weighted by Gasteiger charge is 2.34. The molecule has 4 rings (SSSR count). The zero-order valence-electron chi connectivity index (χ0n) is 15.4. The number of hydrogen-bond acceptors (Lipinski definition) is 5. The second-order valence-electron chi connectivity index (χ2n) is 6.75. The lowest BCUT2D eigenvalue weighted by atomic mass is 10.1. The summed E-state index contributed by atoms with van der Waals surface area (Å²) in [5.74, 6) is -0.935. The van der Waals surface area contributed by atoms with Crippen molar-refractivity contribution in [2.24, 2.45) is 0 Å². The molecule has 1 fully saturated rings. The Bertz CT molecular complexity index is 1090. The minimum atomic E-state index is -0.412. The lowest BCUT2D eigenvalue weighted by molar-refractivity contribution is -0.117. The van der Waals surface area contributed by atoms with Gasteiger partial charge in [-0.05, 0) is 48.9 Å². The number of nitrogens with one attached hydrogen (secondary N) is 1. The number of nitrogens with zero attached hydrogens (tertiary/aromatic N) is 3. The van der Waals surface area contributed by atoms with Crippen molar-refractivity contribution in [3.63, 3.8) is 0 Å². The fraction of sp³-hybridized carbons (Fsp3) is 0.200. The molecule has 1 unspecified atom stereocenters. The van der Waals surface area contributed by atoms with Crippen LogP contribution in [0.1, 0.15) is 33.3 Å². The summed E-state index contributed by atoms with van der Waals surface area (Å²) in [7, 11) is 0. The van der Waals surface area contributed by atoms with Crippen LogP contribution in [0.5, 0.6) is 0 Å². The predicted molar refractivity (Wildman–Crippen MR) is 110 cm³/mol. The van der Waals surface area contributed by atoms with Gasteiger partial charge in [-0.15, -0.1) is 10.2 Å². The third-order valence-corrected chi connectivity index (χ3v) is 6.12. The highest BCUT2D eigenvalue weighted by molar-refractivity contribution is 7.15. The molecule has 29 heavy (non-hydrogen) atoms. The molecular formula is C20H16ClFN4O2S. The van der Waals surface area contributed by atoms with Crippen LogP contribution in [0.3, 0.4) is 0 Å².